The van der Waals surface area contributed by atoms with Crippen LogP contribution in [0.5, 0.6) is 0 Å². The second-order valence-electron chi connectivity index (χ2n) is 6.75. The first-order valence-corrected chi connectivity index (χ1v) is 8.16. The third-order valence-corrected chi connectivity index (χ3v) is 5.20. The average molecular weight is 298 g/mol. The average Bonchev–Trinajstić information content (AvgIpc) is 3.22. The van der Waals surface area contributed by atoms with Crippen molar-refractivity contribution in [3.05, 3.63) is 36.0 Å². The van der Waals surface area contributed by atoms with E-state index in [-0.39, 0.29) is 17.6 Å². The normalized spacial score (nSPS) is 23.4. The van der Waals surface area contributed by atoms with Gasteiger partial charge in [0.2, 0.25) is 0 Å². The summed E-state index contributed by atoms with van der Waals surface area (Å²) in [6.45, 7) is 0.649. The van der Waals surface area contributed by atoms with Crippen molar-refractivity contribution in [2.45, 2.75) is 43.7 Å². The van der Waals surface area contributed by atoms with Crippen LogP contribution in [0.25, 0.3) is 10.9 Å². The number of aromatic nitrogens is 1. The highest BCUT2D eigenvalue weighted by atomic mass is 16.5. The van der Waals surface area contributed by atoms with E-state index in [4.69, 9.17) is 4.74 Å². The third-order valence-electron chi connectivity index (χ3n) is 5.20. The predicted octanol–water partition coefficient (Wildman–Crippen LogP) is 3.01. The molecule has 4 rings (SSSR count). The fraction of sp³-hybridized carbons (Fsp3) is 0.500. The molecule has 1 saturated carbocycles. The van der Waals surface area contributed by atoms with Gasteiger partial charge in [0, 0.05) is 24.1 Å². The Balaban J connectivity index is 1.52. The second kappa shape index (κ2) is 5.13. The standard InChI is InChI=1S/C18H22N2O2/c1-20-11-15(14-6-2-3-7-16(14)20)17(21)19-13-10-18(22-12-13)8-4-5-9-18/h2-3,6-7,11,13H,4-5,8-10,12H2,1H3,(H,19,21). The molecule has 1 aliphatic heterocycles. The highest BCUT2D eigenvalue weighted by Crippen LogP contribution is 2.40. The quantitative estimate of drug-likeness (QED) is 0.926. The van der Waals surface area contributed by atoms with Crippen LogP contribution < -0.4 is 5.32 Å². The van der Waals surface area contributed by atoms with Gasteiger partial charge in [0.1, 0.15) is 0 Å². The molecule has 1 aromatic carbocycles. The molecule has 2 heterocycles. The van der Waals surface area contributed by atoms with Gasteiger partial charge in [-0.25, -0.2) is 0 Å². The van der Waals surface area contributed by atoms with E-state index in [2.05, 4.69) is 5.32 Å². The minimum Gasteiger partial charge on any atom is -0.373 e. The number of para-hydroxylation sites is 1. The summed E-state index contributed by atoms with van der Waals surface area (Å²) in [6.07, 6.45) is 7.68. The highest BCUT2D eigenvalue weighted by Gasteiger charge is 2.42. The molecule has 0 radical (unpaired) electrons. The molecular formula is C18H22N2O2. The van der Waals surface area contributed by atoms with Gasteiger partial charge in [-0.2, -0.15) is 0 Å². The third kappa shape index (κ3) is 2.22. The number of rotatable bonds is 2. The molecule has 2 aliphatic rings. The Hall–Kier alpha value is -1.81. The van der Waals surface area contributed by atoms with E-state index in [9.17, 15) is 4.79 Å². The van der Waals surface area contributed by atoms with Crippen molar-refractivity contribution in [2.75, 3.05) is 6.61 Å². The van der Waals surface area contributed by atoms with E-state index in [1.54, 1.807) is 0 Å². The number of fused-ring (bicyclic) bond motifs is 1. The molecule has 4 nitrogen and oxygen atoms in total. The van der Waals surface area contributed by atoms with Crippen LogP contribution in [-0.4, -0.2) is 28.7 Å². The summed E-state index contributed by atoms with van der Waals surface area (Å²) < 4.78 is 8.03. The Kier molecular flexibility index (Phi) is 3.22. The number of benzene rings is 1. The van der Waals surface area contributed by atoms with Gasteiger partial charge in [0.15, 0.2) is 0 Å². The summed E-state index contributed by atoms with van der Waals surface area (Å²) in [5.41, 5.74) is 1.89. The Morgan fingerprint density at radius 3 is 2.91 bits per heavy atom. The number of hydrogen-bond donors (Lipinski definition) is 1. The van der Waals surface area contributed by atoms with E-state index in [1.165, 1.54) is 12.8 Å². The zero-order valence-electron chi connectivity index (χ0n) is 13.0. The largest absolute Gasteiger partial charge is 0.373 e. The number of amides is 1. The van der Waals surface area contributed by atoms with E-state index in [0.717, 1.165) is 35.7 Å². The van der Waals surface area contributed by atoms with Gasteiger partial charge in [-0.1, -0.05) is 31.0 Å². The van der Waals surface area contributed by atoms with E-state index in [1.807, 2.05) is 42.1 Å². The minimum absolute atomic E-state index is 0.0143. The molecule has 1 spiro atoms. The molecule has 1 unspecified atom stereocenters. The lowest BCUT2D eigenvalue weighted by Crippen LogP contribution is -2.36. The molecule has 1 N–H and O–H groups in total. The maximum atomic E-state index is 12.7. The van der Waals surface area contributed by atoms with Crippen molar-refractivity contribution in [3.8, 4) is 0 Å². The van der Waals surface area contributed by atoms with Gasteiger partial charge in [-0.3, -0.25) is 4.79 Å². The zero-order chi connectivity index (χ0) is 15.2. The van der Waals surface area contributed by atoms with Gasteiger partial charge in [0.05, 0.1) is 23.8 Å². The maximum Gasteiger partial charge on any atom is 0.253 e. The summed E-state index contributed by atoms with van der Waals surface area (Å²) in [7, 11) is 1.98. The maximum absolute atomic E-state index is 12.7. The van der Waals surface area contributed by atoms with Gasteiger partial charge in [-0.05, 0) is 25.3 Å². The van der Waals surface area contributed by atoms with Gasteiger partial charge in [-0.15, -0.1) is 0 Å². The first-order valence-electron chi connectivity index (χ1n) is 8.16. The first-order chi connectivity index (χ1) is 10.7. The fourth-order valence-electron chi connectivity index (χ4n) is 4.09. The van der Waals surface area contributed by atoms with Crippen LogP contribution in [-0.2, 0) is 11.8 Å². The zero-order valence-corrected chi connectivity index (χ0v) is 13.0. The summed E-state index contributed by atoms with van der Waals surface area (Å²) in [6, 6.07) is 8.17. The van der Waals surface area contributed by atoms with Crippen LogP contribution in [0, 0.1) is 0 Å². The van der Waals surface area contributed by atoms with Crippen LogP contribution >= 0.6 is 0 Å². The summed E-state index contributed by atoms with van der Waals surface area (Å²) in [5, 5.41) is 4.19. The van der Waals surface area contributed by atoms with Crippen molar-refractivity contribution >= 4 is 16.8 Å². The van der Waals surface area contributed by atoms with Crippen molar-refractivity contribution in [1.29, 1.82) is 0 Å². The van der Waals surface area contributed by atoms with Crippen molar-refractivity contribution in [1.82, 2.24) is 9.88 Å². The first kappa shape index (κ1) is 13.8. The molecule has 1 saturated heterocycles. The molecule has 0 bridgehead atoms. The Morgan fingerprint density at radius 2 is 2.09 bits per heavy atom. The topological polar surface area (TPSA) is 43.3 Å². The van der Waals surface area contributed by atoms with E-state index < -0.39 is 0 Å². The number of carbonyl (C=O) groups is 1. The Morgan fingerprint density at radius 1 is 1.32 bits per heavy atom. The van der Waals surface area contributed by atoms with Gasteiger partial charge >= 0.3 is 0 Å². The van der Waals surface area contributed by atoms with Gasteiger partial charge in [0.25, 0.3) is 5.91 Å². The number of hydrogen-bond acceptors (Lipinski definition) is 2. The molecule has 1 aliphatic carbocycles. The number of nitrogens with one attached hydrogen (secondary N) is 1. The number of aryl methyl sites for hydroxylation is 1. The molecule has 116 valence electrons. The number of nitrogens with zero attached hydrogens (tertiary/aromatic N) is 1. The van der Waals surface area contributed by atoms with Crippen LogP contribution in [0.3, 0.4) is 0 Å². The van der Waals surface area contributed by atoms with Gasteiger partial charge < -0.3 is 14.6 Å². The Bertz CT molecular complexity index is 713. The molecule has 2 aromatic rings. The lowest BCUT2D eigenvalue weighted by molar-refractivity contribution is 0.00988. The monoisotopic (exact) mass is 298 g/mol. The molecule has 1 amide bonds. The molecule has 1 aromatic heterocycles. The molecule has 22 heavy (non-hydrogen) atoms. The summed E-state index contributed by atoms with van der Waals surface area (Å²) in [5.74, 6) is 0.0143. The van der Waals surface area contributed by atoms with Crippen molar-refractivity contribution in [3.63, 3.8) is 0 Å². The molecular weight excluding hydrogens is 276 g/mol. The summed E-state index contributed by atoms with van der Waals surface area (Å²) >= 11 is 0. The van der Waals surface area contributed by atoms with Crippen molar-refractivity contribution < 1.29 is 9.53 Å². The van der Waals surface area contributed by atoms with Crippen LogP contribution in [0.15, 0.2) is 30.5 Å². The molecule has 1 atom stereocenters. The summed E-state index contributed by atoms with van der Waals surface area (Å²) in [4.78, 5) is 12.7. The highest BCUT2D eigenvalue weighted by molar-refractivity contribution is 6.07. The second-order valence-corrected chi connectivity index (χ2v) is 6.75. The smallest absolute Gasteiger partial charge is 0.253 e. The van der Waals surface area contributed by atoms with Crippen LogP contribution in [0.4, 0.5) is 0 Å². The Labute approximate surface area is 130 Å². The molecule has 4 heteroatoms. The van der Waals surface area contributed by atoms with Crippen molar-refractivity contribution in [2.24, 2.45) is 7.05 Å². The van der Waals surface area contributed by atoms with Crippen LogP contribution in [0.2, 0.25) is 0 Å². The predicted molar refractivity (Wildman–Crippen MR) is 85.9 cm³/mol. The lowest BCUT2D eigenvalue weighted by Gasteiger charge is -2.21. The van der Waals surface area contributed by atoms with E-state index >= 15 is 0 Å². The minimum atomic E-state index is 0.0143. The fourth-order valence-corrected chi connectivity index (χ4v) is 4.09. The number of carbonyl (C=O) groups excluding carboxylic acids is 1. The van der Waals surface area contributed by atoms with Crippen LogP contribution in [0.1, 0.15) is 42.5 Å². The SMILES string of the molecule is Cn1cc(C(=O)NC2COC3(CCCC3)C2)c2ccccc21. The lowest BCUT2D eigenvalue weighted by atomic mass is 9.96. The molecule has 2 fully saturated rings. The number of ether oxygens (including phenoxy) is 1. The van der Waals surface area contributed by atoms with E-state index in [0.29, 0.717) is 6.61 Å².